The van der Waals surface area contributed by atoms with Gasteiger partial charge in [-0.05, 0) is 122 Å². The second-order valence-electron chi connectivity index (χ2n) is 18.0. The quantitative estimate of drug-likeness (QED) is 0.0345. The van der Waals surface area contributed by atoms with Crippen molar-refractivity contribution in [2.24, 2.45) is 0 Å². The molecule has 0 fully saturated rings. The minimum atomic E-state index is -0.564. The van der Waals surface area contributed by atoms with E-state index >= 15 is 0 Å². The van der Waals surface area contributed by atoms with Gasteiger partial charge < -0.3 is 14.2 Å². The minimum Gasteiger partial charge on any atom is -0.462 e. The van der Waals surface area contributed by atoms with Crippen LogP contribution in [0.25, 0.3) is 0 Å². The lowest BCUT2D eigenvalue weighted by atomic mass is 10.1. The van der Waals surface area contributed by atoms with Crippen molar-refractivity contribution in [2.75, 3.05) is 19.8 Å². The van der Waals surface area contributed by atoms with Gasteiger partial charge in [-0.2, -0.15) is 0 Å². The number of ether oxygens (including phenoxy) is 3. The lowest BCUT2D eigenvalue weighted by molar-refractivity contribution is -0.163. The molecule has 0 aromatic carbocycles. The fourth-order valence-corrected chi connectivity index (χ4v) is 7.41. The van der Waals surface area contributed by atoms with Gasteiger partial charge in [0.25, 0.3) is 0 Å². The van der Waals surface area contributed by atoms with Crippen LogP contribution in [-0.2, 0) is 23.8 Å². The van der Waals surface area contributed by atoms with E-state index in [9.17, 15) is 9.59 Å². The third kappa shape index (κ3) is 54.9. The van der Waals surface area contributed by atoms with E-state index in [1.54, 1.807) is 0 Å². The number of allylic oxidation sites excluding steroid dienone is 20. The predicted octanol–water partition coefficient (Wildman–Crippen LogP) is 19.3. The normalized spacial score (nSPS) is 13.2. The van der Waals surface area contributed by atoms with Crippen molar-refractivity contribution in [1.29, 1.82) is 0 Å². The Kier molecular flexibility index (Phi) is 54.5. The summed E-state index contributed by atoms with van der Waals surface area (Å²) in [5.41, 5.74) is 0. The van der Waals surface area contributed by atoms with Gasteiger partial charge >= 0.3 is 11.9 Å². The van der Waals surface area contributed by atoms with E-state index in [2.05, 4.69) is 142 Å². The van der Waals surface area contributed by atoms with Crippen LogP contribution in [-0.4, -0.2) is 37.9 Å². The van der Waals surface area contributed by atoms with Crippen LogP contribution in [0.3, 0.4) is 0 Å². The number of carbonyl (C=O) groups excluding carboxylic acids is 2. The highest BCUT2D eigenvalue weighted by atomic mass is 16.6. The predicted molar refractivity (Wildman–Crippen MR) is 297 cm³/mol. The number of hydrogen-bond donors (Lipinski definition) is 0. The summed E-state index contributed by atoms with van der Waals surface area (Å²) in [5, 5.41) is 0. The lowest BCUT2D eigenvalue weighted by Crippen LogP contribution is -2.30. The summed E-state index contributed by atoms with van der Waals surface area (Å²) in [6.45, 7) is 7.44. The molecular formula is C63H104O5. The standard InChI is InChI=1S/C63H104O5/c1-4-7-10-13-16-19-22-25-28-30-32-33-36-38-41-44-47-50-53-56-62(64)67-60-61(68-63(65)57-54-51-48-45-42-39-35-27-24-21-18-15-12-9-6-3)59-66-58-55-52-49-46-43-40-37-34-31-29-26-23-20-17-14-11-8-5-2/h7-12,16-21,25-29,32-33,35,61H,4-6,13-15,22-24,30-31,34,36-60H2,1-3H3/b10-7-,11-8-,12-9-,19-16-,20-17-,21-18-,28-25-,29-26-,33-32-,35-27-. The summed E-state index contributed by atoms with van der Waals surface area (Å²) in [6, 6.07) is 0. The second-order valence-corrected chi connectivity index (χ2v) is 18.0. The Hall–Kier alpha value is -3.70. The summed E-state index contributed by atoms with van der Waals surface area (Å²) in [4.78, 5) is 25.5. The summed E-state index contributed by atoms with van der Waals surface area (Å²) < 4.78 is 17.4. The van der Waals surface area contributed by atoms with Crippen molar-refractivity contribution in [2.45, 2.75) is 245 Å². The minimum absolute atomic E-state index is 0.0604. The molecule has 386 valence electrons. The van der Waals surface area contributed by atoms with Crippen molar-refractivity contribution in [3.63, 3.8) is 0 Å². The molecule has 0 saturated heterocycles. The summed E-state index contributed by atoms with van der Waals surface area (Å²) >= 11 is 0. The van der Waals surface area contributed by atoms with Crippen LogP contribution in [0.1, 0.15) is 239 Å². The molecule has 1 atom stereocenters. The molecule has 68 heavy (non-hydrogen) atoms. The molecular weight excluding hydrogens is 837 g/mol. The van der Waals surface area contributed by atoms with Crippen molar-refractivity contribution >= 4 is 11.9 Å². The maximum absolute atomic E-state index is 12.8. The maximum atomic E-state index is 12.8. The molecule has 0 aliphatic rings. The van der Waals surface area contributed by atoms with Gasteiger partial charge in [0.1, 0.15) is 6.61 Å². The summed E-state index contributed by atoms with van der Waals surface area (Å²) in [7, 11) is 0. The van der Waals surface area contributed by atoms with E-state index in [1.807, 2.05) is 0 Å². The van der Waals surface area contributed by atoms with Crippen LogP contribution < -0.4 is 0 Å². The Morgan fingerprint density at radius 1 is 0.324 bits per heavy atom. The van der Waals surface area contributed by atoms with Crippen LogP contribution in [0.4, 0.5) is 0 Å². The van der Waals surface area contributed by atoms with E-state index in [0.29, 0.717) is 19.4 Å². The number of unbranched alkanes of at least 4 members (excludes halogenated alkanes) is 19. The van der Waals surface area contributed by atoms with Gasteiger partial charge in [-0.3, -0.25) is 9.59 Å². The van der Waals surface area contributed by atoms with Gasteiger partial charge in [-0.25, -0.2) is 0 Å². The van der Waals surface area contributed by atoms with Crippen LogP contribution in [0.15, 0.2) is 122 Å². The second kappa shape index (κ2) is 57.6. The van der Waals surface area contributed by atoms with E-state index < -0.39 is 6.10 Å². The Balaban J connectivity index is 4.35. The number of rotatable bonds is 50. The fourth-order valence-electron chi connectivity index (χ4n) is 7.41. The molecule has 5 nitrogen and oxygen atoms in total. The third-order valence-electron chi connectivity index (χ3n) is 11.5. The van der Waals surface area contributed by atoms with Crippen molar-refractivity contribution in [1.82, 2.24) is 0 Å². The highest BCUT2D eigenvalue weighted by Crippen LogP contribution is 2.14. The molecule has 0 rings (SSSR count). The van der Waals surface area contributed by atoms with Gasteiger partial charge in [-0.15, -0.1) is 0 Å². The molecule has 0 radical (unpaired) electrons. The molecule has 0 spiro atoms. The molecule has 0 aromatic rings. The number of esters is 2. The highest BCUT2D eigenvalue weighted by molar-refractivity contribution is 5.70. The zero-order chi connectivity index (χ0) is 49.2. The molecule has 0 bridgehead atoms. The van der Waals surface area contributed by atoms with E-state index in [-0.39, 0.29) is 25.2 Å². The summed E-state index contributed by atoms with van der Waals surface area (Å²) in [5.74, 6) is -0.441. The average molecular weight is 942 g/mol. The van der Waals surface area contributed by atoms with E-state index in [4.69, 9.17) is 14.2 Å². The van der Waals surface area contributed by atoms with Crippen LogP contribution >= 0.6 is 0 Å². The number of hydrogen-bond acceptors (Lipinski definition) is 5. The Labute approximate surface area is 420 Å². The zero-order valence-electron chi connectivity index (χ0n) is 44.3. The fraction of sp³-hybridized carbons (Fsp3) is 0.651. The molecule has 0 aliphatic heterocycles. The van der Waals surface area contributed by atoms with E-state index in [1.165, 1.54) is 77.0 Å². The monoisotopic (exact) mass is 941 g/mol. The third-order valence-corrected chi connectivity index (χ3v) is 11.5. The molecule has 0 saturated carbocycles. The first-order chi connectivity index (χ1) is 33.6. The first-order valence-electron chi connectivity index (χ1n) is 28.1. The van der Waals surface area contributed by atoms with Crippen LogP contribution in [0.5, 0.6) is 0 Å². The summed E-state index contributed by atoms with van der Waals surface area (Å²) in [6.07, 6.45) is 80.7. The number of carbonyl (C=O) groups is 2. The molecule has 5 heteroatoms. The first kappa shape index (κ1) is 64.3. The lowest BCUT2D eigenvalue weighted by Gasteiger charge is -2.18. The molecule has 0 amide bonds. The topological polar surface area (TPSA) is 61.8 Å². The largest absolute Gasteiger partial charge is 0.462 e. The van der Waals surface area contributed by atoms with E-state index in [0.717, 1.165) is 128 Å². The molecule has 0 N–H and O–H groups in total. The maximum Gasteiger partial charge on any atom is 0.306 e. The van der Waals surface area contributed by atoms with Crippen molar-refractivity contribution in [3.05, 3.63) is 122 Å². The molecule has 0 heterocycles. The highest BCUT2D eigenvalue weighted by Gasteiger charge is 2.17. The van der Waals surface area contributed by atoms with Gasteiger partial charge in [-0.1, -0.05) is 226 Å². The van der Waals surface area contributed by atoms with Gasteiger partial charge in [0.2, 0.25) is 0 Å². The van der Waals surface area contributed by atoms with Crippen molar-refractivity contribution < 1.29 is 23.8 Å². The molecule has 0 aromatic heterocycles. The average Bonchev–Trinajstić information content (AvgIpc) is 3.34. The van der Waals surface area contributed by atoms with Gasteiger partial charge in [0.05, 0.1) is 6.61 Å². The van der Waals surface area contributed by atoms with Crippen LogP contribution in [0.2, 0.25) is 0 Å². The SMILES string of the molecule is CC/C=C\C/C=C\C/C=C\C/C=C\CCCCCCCCC(=O)OCC(COCCCCCCCCCC/C=C\C/C=C\C/C=C\CC)OC(=O)CCCCCCC/C=C\C/C=C\C/C=C\CC. The van der Waals surface area contributed by atoms with Crippen molar-refractivity contribution in [3.8, 4) is 0 Å². The Bertz CT molecular complexity index is 1390. The Morgan fingerprint density at radius 3 is 0.985 bits per heavy atom. The first-order valence-corrected chi connectivity index (χ1v) is 28.1. The van der Waals surface area contributed by atoms with Gasteiger partial charge in [0.15, 0.2) is 6.10 Å². The zero-order valence-corrected chi connectivity index (χ0v) is 44.3. The van der Waals surface area contributed by atoms with Crippen LogP contribution in [0, 0.1) is 0 Å². The Morgan fingerprint density at radius 2 is 0.618 bits per heavy atom. The smallest absolute Gasteiger partial charge is 0.306 e. The molecule has 0 aliphatic carbocycles. The van der Waals surface area contributed by atoms with Gasteiger partial charge in [0, 0.05) is 19.4 Å². The molecule has 1 unspecified atom stereocenters.